The maximum absolute atomic E-state index is 13.8. The van der Waals surface area contributed by atoms with E-state index in [-0.39, 0.29) is 12.4 Å². The van der Waals surface area contributed by atoms with Crippen molar-refractivity contribution in [3.8, 4) is 11.4 Å². The molecule has 1 aromatic heterocycles. The smallest absolute Gasteiger partial charge is 0.311 e. The van der Waals surface area contributed by atoms with Gasteiger partial charge in [0.15, 0.2) is 5.82 Å². The van der Waals surface area contributed by atoms with Crippen LogP contribution in [0.4, 0.5) is 13.2 Å². The molecule has 0 unspecified atom stereocenters. The molecule has 1 heterocycles. The number of aromatic nitrogens is 4. The van der Waals surface area contributed by atoms with Gasteiger partial charge in [-0.2, -0.15) is 0 Å². The molecular formula is C12H9F3N4O2. The molecule has 1 aliphatic rings. The van der Waals surface area contributed by atoms with Crippen LogP contribution in [0.1, 0.15) is 12.8 Å². The topological polar surface area (TPSA) is 80.9 Å². The number of tetrazole rings is 1. The summed E-state index contributed by atoms with van der Waals surface area (Å²) in [5.41, 5.74) is -1.58. The number of aliphatic carboxylic acids is 1. The molecule has 0 amide bonds. The van der Waals surface area contributed by atoms with Gasteiger partial charge in [-0.05, 0) is 23.3 Å². The van der Waals surface area contributed by atoms with Gasteiger partial charge in [0, 0.05) is 12.1 Å². The summed E-state index contributed by atoms with van der Waals surface area (Å²) in [6.07, 6.45) is 0.881. The Hall–Kier alpha value is -2.45. The van der Waals surface area contributed by atoms with Crippen LogP contribution >= 0.6 is 0 Å². The van der Waals surface area contributed by atoms with Gasteiger partial charge in [-0.15, -0.1) is 5.10 Å². The van der Waals surface area contributed by atoms with Crippen molar-refractivity contribution in [2.24, 2.45) is 5.41 Å². The highest BCUT2D eigenvalue weighted by Crippen LogP contribution is 2.47. The van der Waals surface area contributed by atoms with Crippen LogP contribution in [0.5, 0.6) is 0 Å². The maximum Gasteiger partial charge on any atom is 0.311 e. The van der Waals surface area contributed by atoms with Crippen LogP contribution in [0.25, 0.3) is 11.4 Å². The molecule has 6 nitrogen and oxygen atoms in total. The van der Waals surface area contributed by atoms with E-state index in [9.17, 15) is 18.0 Å². The predicted molar refractivity (Wildman–Crippen MR) is 62.4 cm³/mol. The first-order valence-electron chi connectivity index (χ1n) is 6.07. The van der Waals surface area contributed by atoms with Crippen molar-refractivity contribution < 1.29 is 23.1 Å². The van der Waals surface area contributed by atoms with Crippen molar-refractivity contribution in [3.05, 3.63) is 29.6 Å². The second kappa shape index (κ2) is 4.54. The Morgan fingerprint density at radius 1 is 1.29 bits per heavy atom. The first-order chi connectivity index (χ1) is 9.93. The highest BCUT2D eigenvalue weighted by Gasteiger charge is 2.51. The Balaban J connectivity index is 2.02. The average Bonchev–Trinajstić information content (AvgIpc) is 3.03. The summed E-state index contributed by atoms with van der Waals surface area (Å²) < 4.78 is 41.5. The number of carbonyl (C=O) groups is 1. The molecule has 0 bridgehead atoms. The Bertz CT molecular complexity index is 704. The SMILES string of the molecule is O=C(O)C1(Cn2nnnc2-c2c(F)cc(F)cc2F)CC1. The fraction of sp³-hybridized carbons (Fsp3) is 0.333. The van der Waals surface area contributed by atoms with Crippen LogP contribution in [0.15, 0.2) is 12.1 Å². The molecule has 1 aliphatic carbocycles. The summed E-state index contributed by atoms with van der Waals surface area (Å²) >= 11 is 0. The standard InChI is InChI=1S/C12H9F3N4O2/c13-6-3-7(14)9(8(15)4-6)10-16-17-18-19(10)5-12(1-2-12)11(20)21/h3-4H,1-2,5H2,(H,20,21). The number of carboxylic acid groups (broad SMARTS) is 1. The summed E-state index contributed by atoms with van der Waals surface area (Å²) in [7, 11) is 0. The van der Waals surface area contributed by atoms with E-state index >= 15 is 0 Å². The third-order valence-corrected chi connectivity index (χ3v) is 3.52. The zero-order valence-electron chi connectivity index (χ0n) is 10.6. The van der Waals surface area contributed by atoms with Crippen molar-refractivity contribution in [2.75, 3.05) is 0 Å². The highest BCUT2D eigenvalue weighted by molar-refractivity contribution is 5.77. The fourth-order valence-electron chi connectivity index (χ4n) is 2.12. The van der Waals surface area contributed by atoms with Gasteiger partial charge in [0.05, 0.1) is 17.5 Å². The van der Waals surface area contributed by atoms with Crippen LogP contribution < -0.4 is 0 Å². The van der Waals surface area contributed by atoms with Crippen LogP contribution in [0, 0.1) is 22.9 Å². The number of rotatable bonds is 4. The van der Waals surface area contributed by atoms with Gasteiger partial charge in [-0.25, -0.2) is 17.9 Å². The monoisotopic (exact) mass is 298 g/mol. The summed E-state index contributed by atoms with van der Waals surface area (Å²) in [5.74, 6) is -4.63. The molecule has 0 saturated heterocycles. The largest absolute Gasteiger partial charge is 0.481 e. The fourth-order valence-corrected chi connectivity index (χ4v) is 2.12. The molecule has 2 aromatic rings. The molecule has 110 valence electrons. The van der Waals surface area contributed by atoms with Crippen molar-refractivity contribution >= 4 is 5.97 Å². The molecule has 0 radical (unpaired) electrons. The number of nitrogens with zero attached hydrogens (tertiary/aromatic N) is 4. The lowest BCUT2D eigenvalue weighted by atomic mass is 10.1. The second-order valence-corrected chi connectivity index (χ2v) is 4.99. The van der Waals surface area contributed by atoms with Crippen molar-refractivity contribution in [2.45, 2.75) is 19.4 Å². The molecule has 1 aromatic carbocycles. The Morgan fingerprint density at radius 3 is 2.43 bits per heavy atom. The van der Waals surface area contributed by atoms with E-state index in [4.69, 9.17) is 5.11 Å². The molecule has 1 saturated carbocycles. The highest BCUT2D eigenvalue weighted by atomic mass is 19.1. The van der Waals surface area contributed by atoms with Crippen LogP contribution in [0.3, 0.4) is 0 Å². The number of carboxylic acids is 1. The van der Waals surface area contributed by atoms with Crippen molar-refractivity contribution in [1.29, 1.82) is 0 Å². The van der Waals surface area contributed by atoms with E-state index in [2.05, 4.69) is 15.5 Å². The zero-order chi connectivity index (χ0) is 15.2. The number of benzene rings is 1. The van der Waals surface area contributed by atoms with Gasteiger partial charge in [0.2, 0.25) is 0 Å². The lowest BCUT2D eigenvalue weighted by Gasteiger charge is -2.11. The molecule has 1 fully saturated rings. The quantitative estimate of drug-likeness (QED) is 0.927. The summed E-state index contributed by atoms with van der Waals surface area (Å²) in [4.78, 5) is 11.2. The lowest BCUT2D eigenvalue weighted by Crippen LogP contribution is -2.23. The van der Waals surface area contributed by atoms with E-state index in [0.29, 0.717) is 25.0 Å². The number of halogens is 3. The van der Waals surface area contributed by atoms with Gasteiger partial charge in [-0.1, -0.05) is 0 Å². The van der Waals surface area contributed by atoms with E-state index in [1.807, 2.05) is 0 Å². The minimum atomic E-state index is -1.15. The lowest BCUT2D eigenvalue weighted by molar-refractivity contribution is -0.144. The Kier molecular flexibility index (Phi) is 2.92. The molecule has 9 heteroatoms. The van der Waals surface area contributed by atoms with Crippen LogP contribution in [-0.2, 0) is 11.3 Å². The van der Waals surface area contributed by atoms with Crippen molar-refractivity contribution in [3.63, 3.8) is 0 Å². The summed E-state index contributed by atoms with van der Waals surface area (Å²) in [6.45, 7) is -0.0963. The molecular weight excluding hydrogens is 289 g/mol. The van der Waals surface area contributed by atoms with Crippen LogP contribution in [0.2, 0.25) is 0 Å². The maximum atomic E-state index is 13.8. The first-order valence-corrected chi connectivity index (χ1v) is 6.07. The third-order valence-electron chi connectivity index (χ3n) is 3.52. The first kappa shape index (κ1) is 13.5. The van der Waals surface area contributed by atoms with E-state index in [1.165, 1.54) is 0 Å². The van der Waals surface area contributed by atoms with E-state index in [1.54, 1.807) is 0 Å². The zero-order valence-corrected chi connectivity index (χ0v) is 10.6. The Labute approximate surface area is 116 Å². The van der Waals surface area contributed by atoms with Gasteiger partial charge in [-0.3, -0.25) is 4.79 Å². The Morgan fingerprint density at radius 2 is 1.90 bits per heavy atom. The van der Waals surface area contributed by atoms with E-state index < -0.39 is 34.4 Å². The molecule has 3 rings (SSSR count). The third kappa shape index (κ3) is 2.24. The molecule has 0 aliphatic heterocycles. The van der Waals surface area contributed by atoms with Gasteiger partial charge >= 0.3 is 5.97 Å². The molecule has 21 heavy (non-hydrogen) atoms. The van der Waals surface area contributed by atoms with Crippen molar-refractivity contribution in [1.82, 2.24) is 20.2 Å². The van der Waals surface area contributed by atoms with Gasteiger partial charge in [0.25, 0.3) is 0 Å². The minimum absolute atomic E-state index is 0.0963. The second-order valence-electron chi connectivity index (χ2n) is 4.99. The summed E-state index contributed by atoms with van der Waals surface area (Å²) in [5, 5.41) is 19.5. The predicted octanol–water partition coefficient (Wildman–Crippen LogP) is 1.62. The summed E-state index contributed by atoms with van der Waals surface area (Å²) in [6, 6.07) is 1.03. The molecule has 0 spiro atoms. The molecule has 1 N–H and O–H groups in total. The van der Waals surface area contributed by atoms with E-state index in [0.717, 1.165) is 4.68 Å². The van der Waals surface area contributed by atoms with Gasteiger partial charge < -0.3 is 5.11 Å². The number of hydrogen-bond acceptors (Lipinski definition) is 4. The van der Waals surface area contributed by atoms with Crippen LogP contribution in [-0.4, -0.2) is 31.3 Å². The normalized spacial score (nSPS) is 16.0. The average molecular weight is 298 g/mol. The molecule has 0 atom stereocenters. The number of hydrogen-bond donors (Lipinski definition) is 1. The van der Waals surface area contributed by atoms with Gasteiger partial charge in [0.1, 0.15) is 17.5 Å². The minimum Gasteiger partial charge on any atom is -0.481 e.